The zero-order valence-electron chi connectivity index (χ0n) is 22.4. The second-order valence-corrected chi connectivity index (χ2v) is 13.7. The Kier molecular flexibility index (Phi) is 7.57. The Bertz CT molecular complexity index is 1840. The monoisotopic (exact) mass is 613 g/mol. The zero-order chi connectivity index (χ0) is 28.5. The highest BCUT2D eigenvalue weighted by atomic mass is 79.9. The summed E-state index contributed by atoms with van der Waals surface area (Å²) in [4.78, 5) is 21.9. The first kappa shape index (κ1) is 27.7. The molecule has 0 aliphatic carbocycles. The van der Waals surface area contributed by atoms with E-state index >= 15 is 0 Å². The minimum Gasteiger partial charge on any atom is -0.321 e. The first-order chi connectivity index (χ1) is 19.0. The number of benzene rings is 3. The van der Waals surface area contributed by atoms with Crippen molar-refractivity contribution in [1.29, 1.82) is 0 Å². The first-order valence-corrected chi connectivity index (χ1v) is 15.4. The van der Waals surface area contributed by atoms with Gasteiger partial charge in [-0.25, -0.2) is 8.42 Å². The number of rotatable bonds is 7. The molecule has 0 atom stereocenters. The van der Waals surface area contributed by atoms with Gasteiger partial charge in [-0.05, 0) is 113 Å². The van der Waals surface area contributed by atoms with Crippen molar-refractivity contribution >= 4 is 48.3 Å². The fourth-order valence-corrected chi connectivity index (χ4v) is 5.57. The summed E-state index contributed by atoms with van der Waals surface area (Å²) < 4.78 is 24.9. The van der Waals surface area contributed by atoms with Crippen LogP contribution in [0.15, 0.2) is 102 Å². The fourth-order valence-electron chi connectivity index (χ4n) is 4.50. The Morgan fingerprint density at radius 1 is 0.900 bits per heavy atom. The van der Waals surface area contributed by atoms with Crippen molar-refractivity contribution in [3.63, 3.8) is 0 Å². The number of aromatic nitrogens is 2. The molecule has 0 unspecified atom stereocenters. The van der Waals surface area contributed by atoms with Gasteiger partial charge < -0.3 is 5.32 Å². The predicted octanol–water partition coefficient (Wildman–Crippen LogP) is 7.18. The van der Waals surface area contributed by atoms with Gasteiger partial charge in [0.25, 0.3) is 5.91 Å². The van der Waals surface area contributed by atoms with E-state index < -0.39 is 14.6 Å². The standard InChI is InChI=1S/C32H28BrN3O3S/c1-32(2,40(3,38)39)26-19-24-8-5-13-35-30(24)27(20-26)23-6-4-7-25(18-23)31(37)36-29-10-9-22(17-28(29)33)16-21-11-14-34-15-12-21/h4-15,17-20H,16H2,1-3H3,(H,36,37). The molecule has 6 nitrogen and oxygen atoms in total. The van der Waals surface area contributed by atoms with Gasteiger partial charge in [-0.15, -0.1) is 0 Å². The molecule has 40 heavy (non-hydrogen) atoms. The number of fused-ring (bicyclic) bond motifs is 1. The number of amides is 1. The van der Waals surface area contributed by atoms with Gasteiger partial charge in [0, 0.05) is 45.8 Å². The molecule has 202 valence electrons. The second kappa shape index (κ2) is 10.9. The maximum absolute atomic E-state index is 13.3. The van der Waals surface area contributed by atoms with Crippen LogP contribution in [0, 0.1) is 0 Å². The van der Waals surface area contributed by atoms with Crippen molar-refractivity contribution in [3.05, 3.63) is 124 Å². The van der Waals surface area contributed by atoms with Gasteiger partial charge in [-0.2, -0.15) is 0 Å². The van der Waals surface area contributed by atoms with Gasteiger partial charge in [0.2, 0.25) is 0 Å². The molecule has 0 bridgehead atoms. The van der Waals surface area contributed by atoms with Crippen molar-refractivity contribution in [2.45, 2.75) is 25.0 Å². The van der Waals surface area contributed by atoms with Crippen LogP contribution < -0.4 is 5.32 Å². The van der Waals surface area contributed by atoms with Gasteiger partial charge in [0.1, 0.15) is 0 Å². The number of nitrogens with zero attached hydrogens (tertiary/aromatic N) is 2. The molecule has 0 saturated carbocycles. The first-order valence-electron chi connectivity index (χ1n) is 12.7. The van der Waals surface area contributed by atoms with E-state index in [1.165, 1.54) is 6.26 Å². The molecule has 0 aliphatic heterocycles. The topological polar surface area (TPSA) is 89.0 Å². The van der Waals surface area contributed by atoms with E-state index in [1.54, 1.807) is 38.5 Å². The lowest BCUT2D eigenvalue weighted by atomic mass is 9.93. The fraction of sp³-hybridized carbons (Fsp3) is 0.156. The van der Waals surface area contributed by atoms with Crippen molar-refractivity contribution in [2.24, 2.45) is 0 Å². The number of carbonyl (C=O) groups is 1. The summed E-state index contributed by atoms with van der Waals surface area (Å²) in [7, 11) is -3.40. The molecule has 1 amide bonds. The Morgan fingerprint density at radius 3 is 2.40 bits per heavy atom. The number of sulfone groups is 1. The average Bonchev–Trinajstić information content (AvgIpc) is 2.94. The molecular formula is C32H28BrN3O3S. The molecule has 8 heteroatoms. The van der Waals surface area contributed by atoms with E-state index in [9.17, 15) is 13.2 Å². The highest BCUT2D eigenvalue weighted by Crippen LogP contribution is 2.36. The normalized spacial score (nSPS) is 11.9. The largest absolute Gasteiger partial charge is 0.321 e. The van der Waals surface area contributed by atoms with Gasteiger partial charge in [0.05, 0.1) is 16.0 Å². The summed E-state index contributed by atoms with van der Waals surface area (Å²) in [5, 5.41) is 3.83. The maximum atomic E-state index is 13.3. The number of pyridine rings is 2. The minimum atomic E-state index is -3.40. The molecule has 0 saturated heterocycles. The molecule has 1 N–H and O–H groups in total. The molecule has 0 spiro atoms. The number of carbonyl (C=O) groups excluding carboxylic acids is 1. The average molecular weight is 615 g/mol. The third-order valence-electron chi connectivity index (χ3n) is 7.20. The number of nitrogens with one attached hydrogen (secondary N) is 1. The van der Waals surface area contributed by atoms with E-state index in [2.05, 4.69) is 31.2 Å². The van der Waals surface area contributed by atoms with Crippen LogP contribution in [-0.2, 0) is 21.0 Å². The predicted molar refractivity (Wildman–Crippen MR) is 164 cm³/mol. The molecule has 2 heterocycles. The Morgan fingerprint density at radius 2 is 1.68 bits per heavy atom. The Balaban J connectivity index is 1.46. The van der Waals surface area contributed by atoms with Gasteiger partial charge in [0.15, 0.2) is 9.84 Å². The van der Waals surface area contributed by atoms with Crippen LogP contribution in [0.25, 0.3) is 22.0 Å². The molecule has 0 aliphatic rings. The van der Waals surface area contributed by atoms with E-state index in [4.69, 9.17) is 0 Å². The van der Waals surface area contributed by atoms with E-state index in [1.807, 2.05) is 72.8 Å². The van der Waals surface area contributed by atoms with E-state index in [0.717, 1.165) is 44.1 Å². The third kappa shape index (κ3) is 5.69. The summed E-state index contributed by atoms with van der Waals surface area (Å²) >= 11 is 3.60. The Hall–Kier alpha value is -3.88. The maximum Gasteiger partial charge on any atom is 0.255 e. The minimum absolute atomic E-state index is 0.255. The van der Waals surface area contributed by atoms with Crippen LogP contribution in [0.5, 0.6) is 0 Å². The van der Waals surface area contributed by atoms with Crippen molar-refractivity contribution in [3.8, 4) is 11.1 Å². The highest BCUT2D eigenvalue weighted by Gasteiger charge is 2.33. The molecule has 2 aromatic heterocycles. The zero-order valence-corrected chi connectivity index (χ0v) is 24.8. The summed E-state index contributed by atoms with van der Waals surface area (Å²) in [6.07, 6.45) is 7.26. The van der Waals surface area contributed by atoms with Crippen LogP contribution in [0.2, 0.25) is 0 Å². The highest BCUT2D eigenvalue weighted by molar-refractivity contribution is 9.10. The molecule has 0 fully saturated rings. The van der Waals surface area contributed by atoms with Crippen molar-refractivity contribution < 1.29 is 13.2 Å². The second-order valence-electron chi connectivity index (χ2n) is 10.3. The van der Waals surface area contributed by atoms with Gasteiger partial charge >= 0.3 is 0 Å². The van der Waals surface area contributed by atoms with Crippen LogP contribution in [0.1, 0.15) is 40.9 Å². The van der Waals surface area contributed by atoms with Crippen molar-refractivity contribution in [2.75, 3.05) is 11.6 Å². The molecule has 0 radical (unpaired) electrons. The SMILES string of the molecule is CC(C)(c1cc(-c2cccc(C(=O)Nc3ccc(Cc4ccncc4)cc3Br)c2)c2ncccc2c1)S(C)(=O)=O. The number of hydrogen-bond acceptors (Lipinski definition) is 5. The number of anilines is 1. The quantitative estimate of drug-likeness (QED) is 0.210. The molecule has 5 rings (SSSR count). The molecular weight excluding hydrogens is 586 g/mol. The lowest BCUT2D eigenvalue weighted by Crippen LogP contribution is -2.28. The van der Waals surface area contributed by atoms with Crippen LogP contribution >= 0.6 is 15.9 Å². The Labute approximate surface area is 242 Å². The number of halogens is 1. The lowest BCUT2D eigenvalue weighted by molar-refractivity contribution is 0.102. The summed E-state index contributed by atoms with van der Waals surface area (Å²) in [5.41, 5.74) is 6.34. The van der Waals surface area contributed by atoms with Crippen molar-refractivity contribution in [1.82, 2.24) is 9.97 Å². The van der Waals surface area contributed by atoms with Gasteiger partial charge in [-0.1, -0.05) is 24.3 Å². The lowest BCUT2D eigenvalue weighted by Gasteiger charge is -2.24. The van der Waals surface area contributed by atoms with E-state index in [-0.39, 0.29) is 5.91 Å². The van der Waals surface area contributed by atoms with Crippen LogP contribution in [0.4, 0.5) is 5.69 Å². The van der Waals surface area contributed by atoms with Crippen LogP contribution in [-0.4, -0.2) is 30.5 Å². The smallest absolute Gasteiger partial charge is 0.255 e. The third-order valence-corrected chi connectivity index (χ3v) is 9.95. The number of hydrogen-bond donors (Lipinski definition) is 1. The van der Waals surface area contributed by atoms with E-state index in [0.29, 0.717) is 16.8 Å². The van der Waals surface area contributed by atoms with Gasteiger partial charge in [-0.3, -0.25) is 14.8 Å². The molecule has 5 aromatic rings. The van der Waals surface area contributed by atoms with Crippen LogP contribution in [0.3, 0.4) is 0 Å². The molecule has 3 aromatic carbocycles. The summed E-state index contributed by atoms with van der Waals surface area (Å²) in [6.45, 7) is 3.40. The summed E-state index contributed by atoms with van der Waals surface area (Å²) in [5.74, 6) is -0.255. The summed E-state index contributed by atoms with van der Waals surface area (Å²) in [6, 6.07) is 24.6.